The predicted octanol–water partition coefficient (Wildman–Crippen LogP) is 3.41. The Hall–Kier alpha value is -2.14. The lowest BCUT2D eigenvalue weighted by molar-refractivity contribution is 0.515. The molecule has 1 N–H and O–H groups in total. The van der Waals surface area contributed by atoms with E-state index in [1.165, 1.54) is 0 Å². The molecular formula is C13H11N3OS. The van der Waals surface area contributed by atoms with Gasteiger partial charge >= 0.3 is 0 Å². The first-order chi connectivity index (χ1) is 8.92. The summed E-state index contributed by atoms with van der Waals surface area (Å²) in [6, 6.07) is 11.8. The molecule has 3 aromatic rings. The summed E-state index contributed by atoms with van der Waals surface area (Å²) >= 11 is 1.65. The molecule has 0 bridgehead atoms. The normalized spacial score (nSPS) is 10.4. The first-order valence-electron chi connectivity index (χ1n) is 5.56. The summed E-state index contributed by atoms with van der Waals surface area (Å²) in [4.78, 5) is 0. The smallest absolute Gasteiger partial charge is 0.247 e. The summed E-state index contributed by atoms with van der Waals surface area (Å²) in [5.74, 6) is 1.14. The zero-order valence-corrected chi connectivity index (χ0v) is 10.4. The van der Waals surface area contributed by atoms with Crippen LogP contribution in [0.1, 0.15) is 5.89 Å². The van der Waals surface area contributed by atoms with Crippen LogP contribution in [-0.2, 0) is 6.54 Å². The van der Waals surface area contributed by atoms with Crippen LogP contribution >= 0.6 is 11.3 Å². The Balaban J connectivity index is 1.70. The maximum atomic E-state index is 5.59. The fourth-order valence-corrected chi connectivity index (χ4v) is 2.18. The van der Waals surface area contributed by atoms with Gasteiger partial charge in [-0.1, -0.05) is 18.2 Å². The van der Waals surface area contributed by atoms with Gasteiger partial charge in [0.2, 0.25) is 11.8 Å². The Morgan fingerprint density at radius 1 is 1.11 bits per heavy atom. The minimum absolute atomic E-state index is 0.538. The van der Waals surface area contributed by atoms with Gasteiger partial charge in [-0.3, -0.25) is 0 Å². The summed E-state index contributed by atoms with van der Waals surface area (Å²) in [6.07, 6.45) is 0. The quantitative estimate of drug-likeness (QED) is 0.778. The van der Waals surface area contributed by atoms with Crippen molar-refractivity contribution in [2.24, 2.45) is 0 Å². The largest absolute Gasteiger partial charge is 0.419 e. The molecule has 0 saturated carbocycles. The molecule has 5 heteroatoms. The maximum Gasteiger partial charge on any atom is 0.247 e. The number of nitrogens with one attached hydrogen (secondary N) is 1. The van der Waals surface area contributed by atoms with Crippen LogP contribution in [0.5, 0.6) is 0 Å². The van der Waals surface area contributed by atoms with Crippen LogP contribution in [0.2, 0.25) is 0 Å². The molecule has 2 aromatic heterocycles. The third-order valence-corrected chi connectivity index (χ3v) is 3.14. The van der Waals surface area contributed by atoms with Crippen LogP contribution in [0.25, 0.3) is 11.5 Å². The van der Waals surface area contributed by atoms with E-state index in [0.29, 0.717) is 18.3 Å². The monoisotopic (exact) mass is 257 g/mol. The molecule has 90 valence electrons. The predicted molar refractivity (Wildman–Crippen MR) is 71.4 cm³/mol. The number of rotatable bonds is 4. The lowest BCUT2D eigenvalue weighted by Crippen LogP contribution is -1.97. The number of nitrogens with zero attached hydrogens (tertiary/aromatic N) is 2. The Kier molecular flexibility index (Phi) is 3.06. The summed E-state index contributed by atoms with van der Waals surface area (Å²) in [5, 5.41) is 15.3. The van der Waals surface area contributed by atoms with Crippen molar-refractivity contribution in [1.82, 2.24) is 10.2 Å². The van der Waals surface area contributed by atoms with E-state index < -0.39 is 0 Å². The third-order valence-electron chi connectivity index (χ3n) is 2.45. The summed E-state index contributed by atoms with van der Waals surface area (Å²) in [7, 11) is 0. The van der Waals surface area contributed by atoms with Crippen molar-refractivity contribution in [3.8, 4) is 11.5 Å². The minimum Gasteiger partial charge on any atom is -0.419 e. The van der Waals surface area contributed by atoms with Crippen LogP contribution in [0.15, 0.2) is 51.6 Å². The number of benzene rings is 1. The molecule has 0 fully saturated rings. The standard InChI is InChI=1S/C13H11N3OS/c1-2-4-10(5-3-1)13-16-15-12(17-13)8-14-11-6-7-18-9-11/h1-7,9,14H,8H2. The zero-order valence-electron chi connectivity index (χ0n) is 9.54. The fraction of sp³-hybridized carbons (Fsp3) is 0.0769. The molecule has 0 aliphatic carbocycles. The van der Waals surface area contributed by atoms with Crippen LogP contribution in [0.3, 0.4) is 0 Å². The van der Waals surface area contributed by atoms with Gasteiger partial charge in [0.25, 0.3) is 0 Å². The molecule has 1 aromatic carbocycles. The molecule has 0 radical (unpaired) electrons. The summed E-state index contributed by atoms with van der Waals surface area (Å²) in [5.41, 5.74) is 2.01. The maximum absolute atomic E-state index is 5.59. The van der Waals surface area contributed by atoms with Crippen molar-refractivity contribution < 1.29 is 4.42 Å². The summed E-state index contributed by atoms with van der Waals surface area (Å²) in [6.45, 7) is 0.538. The number of anilines is 1. The van der Waals surface area contributed by atoms with Gasteiger partial charge in [-0.2, -0.15) is 11.3 Å². The van der Waals surface area contributed by atoms with Crippen molar-refractivity contribution in [3.05, 3.63) is 53.0 Å². The van der Waals surface area contributed by atoms with Crippen LogP contribution in [-0.4, -0.2) is 10.2 Å². The van der Waals surface area contributed by atoms with E-state index in [2.05, 4.69) is 15.5 Å². The molecule has 0 atom stereocenters. The molecule has 0 amide bonds. The van der Waals surface area contributed by atoms with Crippen molar-refractivity contribution in [2.75, 3.05) is 5.32 Å². The second-order valence-corrected chi connectivity index (χ2v) is 4.51. The number of aromatic nitrogens is 2. The Bertz CT molecular complexity index is 604. The second kappa shape index (κ2) is 5.01. The van der Waals surface area contributed by atoms with E-state index in [1.54, 1.807) is 11.3 Å². The van der Waals surface area contributed by atoms with E-state index in [9.17, 15) is 0 Å². The highest BCUT2D eigenvalue weighted by molar-refractivity contribution is 7.08. The van der Waals surface area contributed by atoms with Gasteiger partial charge in [-0.25, -0.2) is 0 Å². The second-order valence-electron chi connectivity index (χ2n) is 3.73. The van der Waals surface area contributed by atoms with Crippen molar-refractivity contribution >= 4 is 17.0 Å². The lowest BCUT2D eigenvalue weighted by Gasteiger charge is -1.98. The average molecular weight is 257 g/mol. The molecule has 0 unspecified atom stereocenters. The van der Waals surface area contributed by atoms with Gasteiger partial charge in [-0.15, -0.1) is 10.2 Å². The first-order valence-corrected chi connectivity index (χ1v) is 6.50. The molecule has 0 aliphatic heterocycles. The Morgan fingerprint density at radius 2 is 2.00 bits per heavy atom. The SMILES string of the molecule is c1ccc(-c2nnc(CNc3ccsc3)o2)cc1. The van der Waals surface area contributed by atoms with Gasteiger partial charge in [0.1, 0.15) is 0 Å². The van der Waals surface area contributed by atoms with Gasteiger partial charge in [0.05, 0.1) is 6.54 Å². The van der Waals surface area contributed by atoms with Gasteiger partial charge in [0.15, 0.2) is 0 Å². The van der Waals surface area contributed by atoms with Crippen LogP contribution < -0.4 is 5.32 Å². The highest BCUT2D eigenvalue weighted by Gasteiger charge is 2.07. The van der Waals surface area contributed by atoms with Crippen molar-refractivity contribution in [1.29, 1.82) is 0 Å². The van der Waals surface area contributed by atoms with Crippen molar-refractivity contribution in [2.45, 2.75) is 6.54 Å². The average Bonchev–Trinajstić information content (AvgIpc) is 3.09. The van der Waals surface area contributed by atoms with E-state index in [1.807, 2.05) is 47.2 Å². The fourth-order valence-electron chi connectivity index (χ4n) is 1.57. The molecule has 0 saturated heterocycles. The van der Waals surface area contributed by atoms with Crippen molar-refractivity contribution in [3.63, 3.8) is 0 Å². The lowest BCUT2D eigenvalue weighted by atomic mass is 10.2. The molecule has 18 heavy (non-hydrogen) atoms. The first kappa shape index (κ1) is 11.0. The van der Waals surface area contributed by atoms with Gasteiger partial charge in [0, 0.05) is 16.6 Å². The highest BCUT2D eigenvalue weighted by atomic mass is 32.1. The van der Waals surface area contributed by atoms with E-state index in [4.69, 9.17) is 4.42 Å². The van der Waals surface area contributed by atoms with E-state index in [-0.39, 0.29) is 0 Å². The number of thiophene rings is 1. The van der Waals surface area contributed by atoms with Crippen LogP contribution in [0.4, 0.5) is 5.69 Å². The molecule has 3 rings (SSSR count). The Morgan fingerprint density at radius 3 is 2.78 bits per heavy atom. The molecule has 0 aliphatic rings. The van der Waals surface area contributed by atoms with Gasteiger partial charge in [-0.05, 0) is 23.6 Å². The molecule has 0 spiro atoms. The Labute approximate surface area is 108 Å². The zero-order chi connectivity index (χ0) is 12.2. The summed E-state index contributed by atoms with van der Waals surface area (Å²) < 4.78 is 5.59. The topological polar surface area (TPSA) is 51.0 Å². The van der Waals surface area contributed by atoms with E-state index in [0.717, 1.165) is 11.3 Å². The van der Waals surface area contributed by atoms with Gasteiger partial charge < -0.3 is 9.73 Å². The molecule has 4 nitrogen and oxygen atoms in total. The molecule has 2 heterocycles. The number of hydrogen-bond donors (Lipinski definition) is 1. The number of hydrogen-bond acceptors (Lipinski definition) is 5. The van der Waals surface area contributed by atoms with E-state index >= 15 is 0 Å². The molecular weight excluding hydrogens is 246 g/mol. The minimum atomic E-state index is 0.538. The van der Waals surface area contributed by atoms with Crippen LogP contribution in [0, 0.1) is 0 Å². The highest BCUT2D eigenvalue weighted by Crippen LogP contribution is 2.18. The third kappa shape index (κ3) is 2.41.